The molecule has 0 aliphatic heterocycles. The van der Waals surface area contributed by atoms with Gasteiger partial charge in [0.2, 0.25) is 5.91 Å². The van der Waals surface area contributed by atoms with E-state index in [4.69, 9.17) is 18.0 Å². The first-order chi connectivity index (χ1) is 9.94. The molecule has 1 aromatic rings. The number of carbonyl (C=O) groups is 1. The first-order valence-electron chi connectivity index (χ1n) is 7.64. The third kappa shape index (κ3) is 3.62. The Balaban J connectivity index is 2.24. The van der Waals surface area contributed by atoms with Crippen LogP contribution < -0.4 is 11.1 Å². The predicted molar refractivity (Wildman–Crippen MR) is 91.5 cm³/mol. The van der Waals surface area contributed by atoms with Crippen LogP contribution in [0.15, 0.2) is 18.2 Å². The highest BCUT2D eigenvalue weighted by Crippen LogP contribution is 2.36. The van der Waals surface area contributed by atoms with Crippen molar-refractivity contribution in [1.82, 2.24) is 0 Å². The molecule has 0 aromatic heterocycles. The monoisotopic (exact) mass is 304 g/mol. The quantitative estimate of drug-likeness (QED) is 0.658. The number of thiocarbonyl (C=S) groups is 1. The first-order valence-corrected chi connectivity index (χ1v) is 8.04. The van der Waals surface area contributed by atoms with E-state index in [1.54, 1.807) is 0 Å². The normalized spacial score (nSPS) is 17.8. The van der Waals surface area contributed by atoms with Gasteiger partial charge >= 0.3 is 0 Å². The van der Waals surface area contributed by atoms with Crippen molar-refractivity contribution in [1.29, 1.82) is 0 Å². The third-order valence-electron chi connectivity index (χ3n) is 4.34. The van der Waals surface area contributed by atoms with Crippen LogP contribution in [0.3, 0.4) is 0 Å². The zero-order chi connectivity index (χ0) is 15.5. The molecule has 3 N–H and O–H groups in total. The van der Waals surface area contributed by atoms with Gasteiger partial charge in [0.25, 0.3) is 0 Å². The van der Waals surface area contributed by atoms with Crippen molar-refractivity contribution in [3.63, 3.8) is 0 Å². The van der Waals surface area contributed by atoms with Crippen molar-refractivity contribution in [2.75, 3.05) is 5.32 Å². The Morgan fingerprint density at radius 2 is 1.62 bits per heavy atom. The van der Waals surface area contributed by atoms with E-state index in [1.807, 2.05) is 26.0 Å². The SMILES string of the molecule is Cc1cc(C)cc(NC(=O)C2(C(N)=S)CCCCCC2)c1. The second kappa shape index (κ2) is 6.56. The number of amides is 1. The van der Waals surface area contributed by atoms with Crippen LogP contribution >= 0.6 is 12.2 Å². The second-order valence-electron chi connectivity index (χ2n) is 6.19. The summed E-state index contributed by atoms with van der Waals surface area (Å²) >= 11 is 5.25. The van der Waals surface area contributed by atoms with Crippen molar-refractivity contribution in [2.24, 2.45) is 11.1 Å². The number of hydrogen-bond donors (Lipinski definition) is 2. The largest absolute Gasteiger partial charge is 0.392 e. The number of rotatable bonds is 3. The predicted octanol–water partition coefficient (Wildman–Crippen LogP) is 3.87. The molecule has 0 radical (unpaired) electrons. The van der Waals surface area contributed by atoms with Gasteiger partial charge in [-0.05, 0) is 49.9 Å². The van der Waals surface area contributed by atoms with Gasteiger partial charge in [-0.2, -0.15) is 0 Å². The Bertz CT molecular complexity index is 525. The molecule has 0 bridgehead atoms. The summed E-state index contributed by atoms with van der Waals surface area (Å²) in [6, 6.07) is 6.05. The van der Waals surface area contributed by atoms with Crippen molar-refractivity contribution >= 4 is 28.8 Å². The molecule has 0 atom stereocenters. The lowest BCUT2D eigenvalue weighted by Crippen LogP contribution is -2.45. The van der Waals surface area contributed by atoms with Gasteiger partial charge in [0.15, 0.2) is 0 Å². The molecule has 0 unspecified atom stereocenters. The van der Waals surface area contributed by atoms with Crippen LogP contribution in [0.2, 0.25) is 0 Å². The fraction of sp³-hybridized carbons (Fsp3) is 0.529. The van der Waals surface area contributed by atoms with Gasteiger partial charge in [-0.25, -0.2) is 0 Å². The Kier molecular flexibility index (Phi) is 4.99. The van der Waals surface area contributed by atoms with Crippen molar-refractivity contribution in [3.05, 3.63) is 29.3 Å². The van der Waals surface area contributed by atoms with Crippen LogP contribution in [0.5, 0.6) is 0 Å². The van der Waals surface area contributed by atoms with Crippen LogP contribution in [-0.2, 0) is 4.79 Å². The summed E-state index contributed by atoms with van der Waals surface area (Å²) < 4.78 is 0. The van der Waals surface area contributed by atoms with Crippen LogP contribution in [0.25, 0.3) is 0 Å². The number of nitrogens with two attached hydrogens (primary N) is 1. The average molecular weight is 304 g/mol. The minimum atomic E-state index is -0.677. The molecule has 2 rings (SSSR count). The van der Waals surface area contributed by atoms with Gasteiger partial charge in [0, 0.05) is 5.69 Å². The minimum absolute atomic E-state index is 0.0399. The molecule has 114 valence electrons. The maximum Gasteiger partial charge on any atom is 0.237 e. The topological polar surface area (TPSA) is 55.1 Å². The summed E-state index contributed by atoms with van der Waals surface area (Å²) in [5.41, 5.74) is 8.38. The lowest BCUT2D eigenvalue weighted by Gasteiger charge is -2.30. The highest BCUT2D eigenvalue weighted by molar-refractivity contribution is 7.80. The molecule has 0 saturated heterocycles. The molecule has 3 nitrogen and oxygen atoms in total. The minimum Gasteiger partial charge on any atom is -0.392 e. The molecule has 0 spiro atoms. The van der Waals surface area contributed by atoms with Crippen molar-refractivity contribution < 1.29 is 4.79 Å². The zero-order valence-electron chi connectivity index (χ0n) is 12.9. The van der Waals surface area contributed by atoms with Crippen molar-refractivity contribution in [3.8, 4) is 0 Å². The zero-order valence-corrected chi connectivity index (χ0v) is 13.7. The highest BCUT2D eigenvalue weighted by Gasteiger charge is 2.41. The smallest absolute Gasteiger partial charge is 0.237 e. The molecule has 1 aliphatic carbocycles. The number of anilines is 1. The van der Waals surface area contributed by atoms with E-state index >= 15 is 0 Å². The maximum atomic E-state index is 12.8. The Morgan fingerprint density at radius 3 is 2.10 bits per heavy atom. The molecule has 1 fully saturated rings. The second-order valence-corrected chi connectivity index (χ2v) is 6.63. The van der Waals surface area contributed by atoms with Crippen LogP contribution in [0, 0.1) is 19.3 Å². The lowest BCUT2D eigenvalue weighted by atomic mass is 9.79. The Morgan fingerprint density at radius 1 is 1.10 bits per heavy atom. The van der Waals surface area contributed by atoms with Crippen molar-refractivity contribution in [2.45, 2.75) is 52.4 Å². The van der Waals surface area contributed by atoms with Gasteiger partial charge in [-0.1, -0.05) is 44.0 Å². The van der Waals surface area contributed by atoms with Gasteiger partial charge in [-0.15, -0.1) is 0 Å². The highest BCUT2D eigenvalue weighted by atomic mass is 32.1. The molecule has 1 saturated carbocycles. The summed E-state index contributed by atoms with van der Waals surface area (Å²) in [5, 5.41) is 3.04. The molecular weight excluding hydrogens is 280 g/mol. The van der Waals surface area contributed by atoms with E-state index in [0.717, 1.165) is 55.3 Å². The summed E-state index contributed by atoms with van der Waals surface area (Å²) in [7, 11) is 0. The van der Waals surface area contributed by atoms with E-state index in [2.05, 4.69) is 11.4 Å². The number of aryl methyl sites for hydroxylation is 2. The van der Waals surface area contributed by atoms with Gasteiger partial charge in [0.05, 0.1) is 10.4 Å². The number of hydrogen-bond acceptors (Lipinski definition) is 2. The van der Waals surface area contributed by atoms with E-state index in [1.165, 1.54) is 0 Å². The summed E-state index contributed by atoms with van der Waals surface area (Å²) in [6.07, 6.45) is 5.86. The summed E-state index contributed by atoms with van der Waals surface area (Å²) in [6.45, 7) is 4.05. The molecule has 0 heterocycles. The summed E-state index contributed by atoms with van der Waals surface area (Å²) in [5.74, 6) is -0.0399. The van der Waals surface area contributed by atoms with Crippen LogP contribution in [-0.4, -0.2) is 10.9 Å². The van der Waals surface area contributed by atoms with Gasteiger partial charge in [-0.3, -0.25) is 4.79 Å². The van der Waals surface area contributed by atoms with E-state index < -0.39 is 5.41 Å². The Hall–Kier alpha value is -1.42. The molecule has 1 aliphatic rings. The summed E-state index contributed by atoms with van der Waals surface area (Å²) in [4.78, 5) is 13.2. The van der Waals surface area contributed by atoms with Gasteiger partial charge < -0.3 is 11.1 Å². The number of nitrogens with one attached hydrogen (secondary N) is 1. The molecule has 1 aromatic carbocycles. The fourth-order valence-corrected chi connectivity index (χ4v) is 3.51. The molecule has 1 amide bonds. The van der Waals surface area contributed by atoms with E-state index in [-0.39, 0.29) is 5.91 Å². The number of benzene rings is 1. The standard InChI is InChI=1S/C17H24N2OS/c1-12-9-13(2)11-14(10-12)19-16(20)17(15(18)21)7-5-3-4-6-8-17/h9-11H,3-8H2,1-2H3,(H2,18,21)(H,19,20). The van der Waals surface area contributed by atoms with E-state index in [9.17, 15) is 4.79 Å². The first kappa shape index (κ1) is 16.0. The Labute approximate surface area is 132 Å². The molecule has 4 heteroatoms. The average Bonchev–Trinajstić information content (AvgIpc) is 2.63. The number of carbonyl (C=O) groups excluding carboxylic acids is 1. The van der Waals surface area contributed by atoms with E-state index in [0.29, 0.717) is 4.99 Å². The molecule has 21 heavy (non-hydrogen) atoms. The van der Waals surface area contributed by atoms with Crippen LogP contribution in [0.4, 0.5) is 5.69 Å². The van der Waals surface area contributed by atoms with Gasteiger partial charge in [0.1, 0.15) is 0 Å². The molecular formula is C17H24N2OS. The fourth-order valence-electron chi connectivity index (χ4n) is 3.22. The third-order valence-corrected chi connectivity index (χ3v) is 4.73. The maximum absolute atomic E-state index is 12.8. The van der Waals surface area contributed by atoms with Crippen LogP contribution in [0.1, 0.15) is 49.7 Å². The lowest BCUT2D eigenvalue weighted by molar-refractivity contribution is -0.122.